The second-order valence-electron chi connectivity index (χ2n) is 4.66. The first-order chi connectivity index (χ1) is 9.30. The summed E-state index contributed by atoms with van der Waals surface area (Å²) in [5, 5.41) is 9.87. The Bertz CT molecular complexity index is 510. The van der Waals surface area contributed by atoms with E-state index in [0.717, 1.165) is 0 Å². The van der Waals surface area contributed by atoms with Crippen LogP contribution in [0, 0.1) is 0 Å². The minimum atomic E-state index is -3.66. The van der Waals surface area contributed by atoms with Gasteiger partial charge in [-0.25, -0.2) is 13.1 Å². The maximum absolute atomic E-state index is 12.0. The van der Waals surface area contributed by atoms with Gasteiger partial charge >= 0.3 is 0 Å². The number of aliphatic hydroxyl groups is 1. The molecular formula is C13H21NO5S. The van der Waals surface area contributed by atoms with Gasteiger partial charge in [0, 0.05) is 13.7 Å². The second kappa shape index (κ2) is 7.03. The summed E-state index contributed by atoms with van der Waals surface area (Å²) >= 11 is 0. The lowest BCUT2D eigenvalue weighted by molar-refractivity contribution is -0.0119. The van der Waals surface area contributed by atoms with Crippen molar-refractivity contribution in [3.05, 3.63) is 24.3 Å². The summed E-state index contributed by atoms with van der Waals surface area (Å²) < 4.78 is 36.5. The summed E-state index contributed by atoms with van der Waals surface area (Å²) in [6.07, 6.45) is 0. The van der Waals surface area contributed by atoms with Crippen LogP contribution in [0.5, 0.6) is 5.75 Å². The van der Waals surface area contributed by atoms with Crippen molar-refractivity contribution in [3.63, 3.8) is 0 Å². The lowest BCUT2D eigenvalue weighted by atomic mass is 10.1. The Morgan fingerprint density at radius 3 is 2.40 bits per heavy atom. The van der Waals surface area contributed by atoms with Crippen molar-refractivity contribution in [1.82, 2.24) is 4.72 Å². The number of methoxy groups -OCH3 is 1. The normalized spacial score (nSPS) is 14.8. The molecule has 0 aliphatic rings. The minimum Gasteiger partial charge on any atom is -0.494 e. The Morgan fingerprint density at radius 1 is 1.30 bits per heavy atom. The van der Waals surface area contributed by atoms with Gasteiger partial charge < -0.3 is 14.6 Å². The Labute approximate surface area is 119 Å². The number of hydrogen-bond donors (Lipinski definition) is 2. The third-order valence-corrected chi connectivity index (χ3v) is 3.96. The molecule has 20 heavy (non-hydrogen) atoms. The monoisotopic (exact) mass is 303 g/mol. The van der Waals surface area contributed by atoms with E-state index in [-0.39, 0.29) is 18.0 Å². The van der Waals surface area contributed by atoms with Gasteiger partial charge in [-0.15, -0.1) is 0 Å². The van der Waals surface area contributed by atoms with Gasteiger partial charge in [-0.05, 0) is 38.1 Å². The number of sulfonamides is 1. The van der Waals surface area contributed by atoms with Crippen LogP contribution in [0.15, 0.2) is 29.2 Å². The molecule has 0 bridgehead atoms. The van der Waals surface area contributed by atoms with Crippen LogP contribution >= 0.6 is 0 Å². The van der Waals surface area contributed by atoms with Gasteiger partial charge in [-0.3, -0.25) is 0 Å². The Balaban J connectivity index is 2.73. The molecule has 1 atom stereocenters. The molecule has 1 aromatic carbocycles. The zero-order valence-corrected chi connectivity index (χ0v) is 12.7. The van der Waals surface area contributed by atoms with Gasteiger partial charge in [0.1, 0.15) is 5.75 Å². The molecule has 0 amide bonds. The molecule has 0 heterocycles. The smallest absolute Gasteiger partial charge is 0.240 e. The summed E-state index contributed by atoms with van der Waals surface area (Å²) in [4.78, 5) is 0.120. The van der Waals surface area contributed by atoms with Crippen molar-refractivity contribution in [2.45, 2.75) is 24.3 Å². The molecule has 114 valence electrons. The molecule has 1 aromatic rings. The zero-order valence-electron chi connectivity index (χ0n) is 11.9. The van der Waals surface area contributed by atoms with E-state index in [1.165, 1.54) is 26.2 Å². The van der Waals surface area contributed by atoms with Crippen LogP contribution in [0.25, 0.3) is 0 Å². The van der Waals surface area contributed by atoms with Crippen LogP contribution in [0.1, 0.15) is 13.8 Å². The first-order valence-electron chi connectivity index (χ1n) is 6.24. The van der Waals surface area contributed by atoms with Crippen LogP contribution in [-0.2, 0) is 14.8 Å². The standard InChI is InChI=1S/C13H21NO5S/c1-4-19-11-5-7-12(8-6-11)20(16,17)14-9-13(2,15)10-18-3/h5-8,14-15H,4,9-10H2,1-3H3. The minimum absolute atomic E-state index is 0.0405. The van der Waals surface area contributed by atoms with Crippen LogP contribution in [-0.4, -0.2) is 46.0 Å². The third kappa shape index (κ3) is 5.09. The lowest BCUT2D eigenvalue weighted by Crippen LogP contribution is -2.43. The highest BCUT2D eigenvalue weighted by atomic mass is 32.2. The Morgan fingerprint density at radius 2 is 1.90 bits per heavy atom. The lowest BCUT2D eigenvalue weighted by Gasteiger charge is -2.22. The maximum Gasteiger partial charge on any atom is 0.240 e. The SMILES string of the molecule is CCOc1ccc(S(=O)(=O)NCC(C)(O)COC)cc1. The van der Waals surface area contributed by atoms with E-state index in [0.29, 0.717) is 12.4 Å². The van der Waals surface area contributed by atoms with E-state index >= 15 is 0 Å². The molecule has 1 rings (SSSR count). The predicted octanol–water partition coefficient (Wildman–Crippen LogP) is 0.761. The van der Waals surface area contributed by atoms with Gasteiger partial charge in [-0.2, -0.15) is 0 Å². The molecule has 0 aromatic heterocycles. The van der Waals surface area contributed by atoms with Crippen LogP contribution < -0.4 is 9.46 Å². The second-order valence-corrected chi connectivity index (χ2v) is 6.43. The van der Waals surface area contributed by atoms with Crippen molar-refractivity contribution < 1.29 is 23.0 Å². The summed E-state index contributed by atoms with van der Waals surface area (Å²) in [6, 6.07) is 6.09. The van der Waals surface area contributed by atoms with Crippen molar-refractivity contribution >= 4 is 10.0 Å². The van der Waals surface area contributed by atoms with E-state index in [2.05, 4.69) is 4.72 Å². The summed E-state index contributed by atoms with van der Waals surface area (Å²) in [6.45, 7) is 3.78. The Kier molecular flexibility index (Phi) is 5.94. The number of benzene rings is 1. The molecule has 0 saturated heterocycles. The average Bonchev–Trinajstić information content (AvgIpc) is 2.38. The number of hydrogen-bond acceptors (Lipinski definition) is 5. The largest absolute Gasteiger partial charge is 0.494 e. The molecule has 0 spiro atoms. The highest BCUT2D eigenvalue weighted by Crippen LogP contribution is 2.16. The fraction of sp³-hybridized carbons (Fsp3) is 0.538. The summed E-state index contributed by atoms with van der Waals surface area (Å²) in [5.74, 6) is 0.609. The highest BCUT2D eigenvalue weighted by Gasteiger charge is 2.24. The highest BCUT2D eigenvalue weighted by molar-refractivity contribution is 7.89. The molecule has 0 radical (unpaired) electrons. The third-order valence-electron chi connectivity index (χ3n) is 2.54. The van der Waals surface area contributed by atoms with Gasteiger partial charge in [-0.1, -0.05) is 0 Å². The average molecular weight is 303 g/mol. The molecule has 0 fully saturated rings. The van der Waals surface area contributed by atoms with E-state index in [1.807, 2.05) is 6.92 Å². The molecule has 6 nitrogen and oxygen atoms in total. The van der Waals surface area contributed by atoms with Crippen LogP contribution in [0.2, 0.25) is 0 Å². The molecular weight excluding hydrogens is 282 g/mol. The number of nitrogens with one attached hydrogen (secondary N) is 1. The predicted molar refractivity (Wildman–Crippen MR) is 75.3 cm³/mol. The molecule has 7 heteroatoms. The summed E-state index contributed by atoms with van der Waals surface area (Å²) in [5.41, 5.74) is -1.26. The molecule has 0 saturated carbocycles. The molecule has 0 aliphatic carbocycles. The van der Waals surface area contributed by atoms with Crippen LogP contribution in [0.4, 0.5) is 0 Å². The van der Waals surface area contributed by atoms with Crippen molar-refractivity contribution in [1.29, 1.82) is 0 Å². The quantitative estimate of drug-likeness (QED) is 0.740. The fourth-order valence-electron chi connectivity index (χ4n) is 1.58. The van der Waals surface area contributed by atoms with E-state index < -0.39 is 15.6 Å². The topological polar surface area (TPSA) is 84.9 Å². The van der Waals surface area contributed by atoms with E-state index in [4.69, 9.17) is 9.47 Å². The van der Waals surface area contributed by atoms with Crippen molar-refractivity contribution in [2.75, 3.05) is 26.9 Å². The molecule has 0 aliphatic heterocycles. The summed E-state index contributed by atoms with van der Waals surface area (Å²) in [7, 11) is -2.22. The first kappa shape index (κ1) is 16.9. The number of rotatable bonds is 8. The van der Waals surface area contributed by atoms with Crippen molar-refractivity contribution in [3.8, 4) is 5.75 Å². The van der Waals surface area contributed by atoms with Gasteiger partial charge in [0.2, 0.25) is 10.0 Å². The van der Waals surface area contributed by atoms with Gasteiger partial charge in [0.05, 0.1) is 23.7 Å². The zero-order chi connectivity index (χ0) is 15.2. The first-order valence-corrected chi connectivity index (χ1v) is 7.73. The van der Waals surface area contributed by atoms with E-state index in [9.17, 15) is 13.5 Å². The van der Waals surface area contributed by atoms with Gasteiger partial charge in [0.15, 0.2) is 0 Å². The van der Waals surface area contributed by atoms with Crippen molar-refractivity contribution in [2.24, 2.45) is 0 Å². The van der Waals surface area contributed by atoms with Gasteiger partial charge in [0.25, 0.3) is 0 Å². The maximum atomic E-state index is 12.0. The number of ether oxygens (including phenoxy) is 2. The molecule has 2 N–H and O–H groups in total. The molecule has 1 unspecified atom stereocenters. The Hall–Kier alpha value is -1.15. The van der Waals surface area contributed by atoms with E-state index in [1.54, 1.807) is 12.1 Å². The fourth-order valence-corrected chi connectivity index (χ4v) is 2.74. The van der Waals surface area contributed by atoms with Crippen LogP contribution in [0.3, 0.4) is 0 Å².